The number of carbonyl (C=O) groups is 1. The number of aliphatic hydroxyl groups excluding tert-OH is 1. The summed E-state index contributed by atoms with van der Waals surface area (Å²) in [5, 5.41) is 9.67. The summed E-state index contributed by atoms with van der Waals surface area (Å²) in [6.07, 6.45) is -0.0459. The number of benzene rings is 1. The van der Waals surface area contributed by atoms with Gasteiger partial charge in [-0.25, -0.2) is 0 Å². The Morgan fingerprint density at radius 3 is 2.75 bits per heavy atom. The summed E-state index contributed by atoms with van der Waals surface area (Å²) >= 11 is 0. The van der Waals surface area contributed by atoms with Gasteiger partial charge >= 0.3 is 5.97 Å². The van der Waals surface area contributed by atoms with Crippen molar-refractivity contribution in [2.45, 2.75) is 25.5 Å². The second-order valence-electron chi connectivity index (χ2n) is 5.08. The van der Waals surface area contributed by atoms with Crippen molar-refractivity contribution in [1.29, 1.82) is 0 Å². The lowest BCUT2D eigenvalue weighted by Gasteiger charge is -2.21. The quantitative estimate of drug-likeness (QED) is 0.814. The summed E-state index contributed by atoms with van der Waals surface area (Å²) in [7, 11) is 1.37. The van der Waals surface area contributed by atoms with Gasteiger partial charge in [-0.2, -0.15) is 0 Å². The number of ether oxygens (including phenoxy) is 2. The van der Waals surface area contributed by atoms with Crippen LogP contribution in [0.25, 0.3) is 0 Å². The summed E-state index contributed by atoms with van der Waals surface area (Å²) in [5.74, 6) is 0.516. The average Bonchev–Trinajstić information content (AvgIpc) is 2.81. The predicted molar refractivity (Wildman–Crippen MR) is 74.7 cm³/mol. The number of hydrogen-bond donors (Lipinski definition) is 1. The molecule has 0 saturated carbocycles. The van der Waals surface area contributed by atoms with Crippen LogP contribution in [0.4, 0.5) is 0 Å². The molecule has 0 aromatic heterocycles. The van der Waals surface area contributed by atoms with E-state index in [9.17, 15) is 9.90 Å². The molecule has 2 unspecified atom stereocenters. The Morgan fingerprint density at radius 2 is 2.10 bits per heavy atom. The van der Waals surface area contributed by atoms with Gasteiger partial charge in [-0.15, -0.1) is 0 Å². The SMILES string of the molecule is COC(=O)C1CC(O)CN1CCOc1ccc(C)cc1. The molecule has 5 nitrogen and oxygen atoms in total. The normalized spacial score (nSPS) is 22.8. The molecular weight excluding hydrogens is 258 g/mol. The van der Waals surface area contributed by atoms with Crippen LogP contribution in [-0.2, 0) is 9.53 Å². The van der Waals surface area contributed by atoms with E-state index in [2.05, 4.69) is 0 Å². The van der Waals surface area contributed by atoms with E-state index in [-0.39, 0.29) is 12.0 Å². The molecule has 1 fully saturated rings. The molecule has 0 radical (unpaired) electrons. The van der Waals surface area contributed by atoms with E-state index in [1.165, 1.54) is 12.7 Å². The highest BCUT2D eigenvalue weighted by atomic mass is 16.5. The summed E-state index contributed by atoms with van der Waals surface area (Å²) in [6, 6.07) is 7.47. The fraction of sp³-hybridized carbons (Fsp3) is 0.533. The fourth-order valence-corrected chi connectivity index (χ4v) is 2.42. The van der Waals surface area contributed by atoms with Gasteiger partial charge in [0.05, 0.1) is 13.2 Å². The molecule has 110 valence electrons. The zero-order chi connectivity index (χ0) is 14.5. The molecule has 1 aromatic rings. The van der Waals surface area contributed by atoms with Gasteiger partial charge < -0.3 is 14.6 Å². The Labute approximate surface area is 119 Å². The van der Waals surface area contributed by atoms with Crippen LogP contribution in [0.3, 0.4) is 0 Å². The van der Waals surface area contributed by atoms with Crippen molar-refractivity contribution in [3.8, 4) is 5.75 Å². The third kappa shape index (κ3) is 3.71. The third-order valence-corrected chi connectivity index (χ3v) is 3.52. The van der Waals surface area contributed by atoms with Crippen LogP contribution in [0.2, 0.25) is 0 Å². The first-order valence-electron chi connectivity index (χ1n) is 6.79. The van der Waals surface area contributed by atoms with Gasteiger partial charge in [-0.1, -0.05) is 17.7 Å². The van der Waals surface area contributed by atoms with Crippen LogP contribution in [0, 0.1) is 6.92 Å². The number of aliphatic hydroxyl groups is 1. The van der Waals surface area contributed by atoms with E-state index in [0.29, 0.717) is 26.1 Å². The van der Waals surface area contributed by atoms with Crippen molar-refractivity contribution in [2.24, 2.45) is 0 Å². The van der Waals surface area contributed by atoms with E-state index in [0.717, 1.165) is 5.75 Å². The Bertz CT molecular complexity index is 446. The molecule has 1 heterocycles. The van der Waals surface area contributed by atoms with Crippen molar-refractivity contribution >= 4 is 5.97 Å². The van der Waals surface area contributed by atoms with Crippen LogP contribution in [0.1, 0.15) is 12.0 Å². The zero-order valence-corrected chi connectivity index (χ0v) is 11.9. The molecule has 1 aromatic carbocycles. The van der Waals surface area contributed by atoms with Gasteiger partial charge in [0, 0.05) is 19.5 Å². The number of aryl methyl sites for hydroxylation is 1. The summed E-state index contributed by atoms with van der Waals surface area (Å²) in [4.78, 5) is 13.5. The smallest absolute Gasteiger partial charge is 0.323 e. The Kier molecular flexibility index (Phi) is 4.98. The number of β-amino-alcohol motifs (C(OH)–C–C–N with tert-alkyl or cyclic N) is 1. The number of nitrogens with zero attached hydrogens (tertiary/aromatic N) is 1. The van der Waals surface area contributed by atoms with E-state index >= 15 is 0 Å². The second kappa shape index (κ2) is 6.72. The maximum Gasteiger partial charge on any atom is 0.323 e. The number of methoxy groups -OCH3 is 1. The number of carbonyl (C=O) groups excluding carboxylic acids is 1. The predicted octanol–water partition coefficient (Wildman–Crippen LogP) is 0.982. The minimum absolute atomic E-state index is 0.295. The molecule has 2 atom stereocenters. The molecule has 0 spiro atoms. The van der Waals surface area contributed by atoms with E-state index in [1.807, 2.05) is 36.1 Å². The molecule has 2 rings (SSSR count). The van der Waals surface area contributed by atoms with Crippen molar-refractivity contribution in [3.05, 3.63) is 29.8 Å². The number of likely N-dealkylation sites (tertiary alicyclic amines) is 1. The van der Waals surface area contributed by atoms with E-state index in [4.69, 9.17) is 9.47 Å². The Balaban J connectivity index is 1.83. The first kappa shape index (κ1) is 14.8. The average molecular weight is 279 g/mol. The fourth-order valence-electron chi connectivity index (χ4n) is 2.42. The number of rotatable bonds is 5. The van der Waals surface area contributed by atoms with Crippen molar-refractivity contribution in [2.75, 3.05) is 26.8 Å². The molecular formula is C15H21NO4. The topological polar surface area (TPSA) is 59.0 Å². The van der Waals surface area contributed by atoms with Crippen molar-refractivity contribution in [3.63, 3.8) is 0 Å². The van der Waals surface area contributed by atoms with Crippen LogP contribution in [-0.4, -0.2) is 54.9 Å². The number of esters is 1. The molecule has 0 amide bonds. The third-order valence-electron chi connectivity index (χ3n) is 3.52. The number of hydrogen-bond acceptors (Lipinski definition) is 5. The molecule has 20 heavy (non-hydrogen) atoms. The highest BCUT2D eigenvalue weighted by Gasteiger charge is 2.36. The molecule has 1 saturated heterocycles. The molecule has 1 aliphatic rings. The first-order valence-corrected chi connectivity index (χ1v) is 6.79. The minimum Gasteiger partial charge on any atom is -0.492 e. The van der Waals surface area contributed by atoms with Gasteiger partial charge in [0.2, 0.25) is 0 Å². The second-order valence-corrected chi connectivity index (χ2v) is 5.08. The van der Waals surface area contributed by atoms with Crippen molar-refractivity contribution in [1.82, 2.24) is 4.90 Å². The highest BCUT2D eigenvalue weighted by Crippen LogP contribution is 2.19. The van der Waals surface area contributed by atoms with Gasteiger partial charge in [0.15, 0.2) is 0 Å². The monoisotopic (exact) mass is 279 g/mol. The lowest BCUT2D eigenvalue weighted by molar-refractivity contribution is -0.146. The van der Waals surface area contributed by atoms with Gasteiger partial charge in [-0.05, 0) is 19.1 Å². The highest BCUT2D eigenvalue weighted by molar-refractivity contribution is 5.76. The first-order chi connectivity index (χ1) is 9.60. The molecule has 1 N–H and O–H groups in total. The standard InChI is InChI=1S/C15H21NO4/c1-11-3-5-13(6-4-11)20-8-7-16-10-12(17)9-14(16)15(18)19-2/h3-6,12,14,17H,7-10H2,1-2H3. The Morgan fingerprint density at radius 1 is 1.40 bits per heavy atom. The maximum atomic E-state index is 11.6. The molecule has 0 bridgehead atoms. The van der Waals surface area contributed by atoms with Gasteiger partial charge in [0.1, 0.15) is 18.4 Å². The summed E-state index contributed by atoms with van der Waals surface area (Å²) < 4.78 is 10.4. The minimum atomic E-state index is -0.474. The lowest BCUT2D eigenvalue weighted by atomic mass is 10.2. The van der Waals surface area contributed by atoms with Crippen LogP contribution < -0.4 is 4.74 Å². The molecule has 1 aliphatic heterocycles. The van der Waals surface area contributed by atoms with Gasteiger partial charge in [0.25, 0.3) is 0 Å². The zero-order valence-electron chi connectivity index (χ0n) is 11.9. The molecule has 0 aliphatic carbocycles. The Hall–Kier alpha value is -1.59. The van der Waals surface area contributed by atoms with Crippen LogP contribution >= 0.6 is 0 Å². The van der Waals surface area contributed by atoms with Crippen molar-refractivity contribution < 1.29 is 19.4 Å². The lowest BCUT2D eigenvalue weighted by Crippen LogP contribution is -2.39. The van der Waals surface area contributed by atoms with E-state index < -0.39 is 6.10 Å². The largest absolute Gasteiger partial charge is 0.492 e. The van der Waals surface area contributed by atoms with Crippen LogP contribution in [0.5, 0.6) is 5.75 Å². The molecule has 5 heteroatoms. The van der Waals surface area contributed by atoms with E-state index in [1.54, 1.807) is 0 Å². The van der Waals surface area contributed by atoms with Crippen LogP contribution in [0.15, 0.2) is 24.3 Å². The summed E-state index contributed by atoms with van der Waals surface area (Å²) in [5.41, 5.74) is 1.19. The summed E-state index contributed by atoms with van der Waals surface area (Å²) in [6.45, 7) is 3.57. The van der Waals surface area contributed by atoms with Gasteiger partial charge in [-0.3, -0.25) is 9.69 Å². The maximum absolute atomic E-state index is 11.6.